The second kappa shape index (κ2) is 10.5. The first kappa shape index (κ1) is 26.2. The van der Waals surface area contributed by atoms with E-state index in [1.807, 2.05) is 66.1 Å². The smallest absolute Gasteiger partial charge is 0.255 e. The van der Waals surface area contributed by atoms with Crippen LogP contribution >= 0.6 is 11.9 Å². The topological polar surface area (TPSA) is 97.9 Å². The van der Waals surface area contributed by atoms with Crippen LogP contribution in [0.5, 0.6) is 0 Å². The third-order valence-electron chi connectivity index (χ3n) is 7.10. The molecule has 9 heteroatoms. The van der Waals surface area contributed by atoms with Crippen molar-refractivity contribution < 1.29 is 13.6 Å². The molecule has 2 N–H and O–H groups in total. The van der Waals surface area contributed by atoms with Gasteiger partial charge in [-0.25, -0.2) is 9.37 Å². The number of hydrogen-bond acceptors (Lipinski definition) is 6. The molecule has 0 radical (unpaired) electrons. The van der Waals surface area contributed by atoms with Gasteiger partial charge < -0.3 is 19.0 Å². The fourth-order valence-electron chi connectivity index (χ4n) is 5.00. The Kier molecular flexibility index (Phi) is 6.69. The summed E-state index contributed by atoms with van der Waals surface area (Å²) < 4.78 is 21.9. The van der Waals surface area contributed by atoms with Crippen LogP contribution in [0, 0.1) is 17.1 Å². The van der Waals surface area contributed by atoms with Gasteiger partial charge >= 0.3 is 0 Å². The highest BCUT2D eigenvalue weighted by Gasteiger charge is 2.25. The summed E-state index contributed by atoms with van der Waals surface area (Å²) in [5, 5.41) is 14.2. The highest BCUT2D eigenvalue weighted by molar-refractivity contribution is 7.99. The second-order valence-electron chi connectivity index (χ2n) is 9.44. The van der Waals surface area contributed by atoms with Crippen molar-refractivity contribution in [3.63, 3.8) is 0 Å². The van der Waals surface area contributed by atoms with Crippen LogP contribution in [0.25, 0.3) is 55.6 Å². The zero-order chi connectivity index (χ0) is 28.7. The average molecular weight is 562 g/mol. The second-order valence-corrected chi connectivity index (χ2v) is 10.4. The first-order valence-electron chi connectivity index (χ1n) is 12.8. The van der Waals surface area contributed by atoms with Crippen molar-refractivity contribution in [1.29, 1.82) is 5.26 Å². The van der Waals surface area contributed by atoms with Crippen LogP contribution in [-0.2, 0) is 0 Å². The summed E-state index contributed by atoms with van der Waals surface area (Å²) in [5.41, 5.74) is 6.58. The number of nitrogens with one attached hydrogen (secondary N) is 2. The van der Waals surface area contributed by atoms with Crippen molar-refractivity contribution in [2.24, 2.45) is 0 Å². The molecule has 0 saturated heterocycles. The third kappa shape index (κ3) is 4.58. The number of para-hydroxylation sites is 1. The number of carbonyl (C=O) groups is 1. The summed E-state index contributed by atoms with van der Waals surface area (Å²) in [7, 11) is 3.50. The highest BCUT2D eigenvalue weighted by Crippen LogP contribution is 2.42. The molecule has 6 rings (SSSR count). The lowest BCUT2D eigenvalue weighted by Gasteiger charge is -2.20. The summed E-state index contributed by atoms with van der Waals surface area (Å²) in [6.45, 7) is 0. The lowest BCUT2D eigenvalue weighted by Crippen LogP contribution is -2.18. The van der Waals surface area contributed by atoms with Crippen molar-refractivity contribution in [2.45, 2.75) is 0 Å². The molecule has 0 aliphatic heterocycles. The van der Waals surface area contributed by atoms with Gasteiger partial charge in [0.25, 0.3) is 5.91 Å². The predicted octanol–water partition coefficient (Wildman–Crippen LogP) is 7.39. The predicted molar refractivity (Wildman–Crippen MR) is 162 cm³/mol. The molecule has 0 spiro atoms. The first-order chi connectivity index (χ1) is 19.9. The van der Waals surface area contributed by atoms with Crippen LogP contribution in [0.3, 0.4) is 0 Å². The molecule has 3 aromatic carbocycles. The number of amides is 1. The van der Waals surface area contributed by atoms with Gasteiger partial charge in [0, 0.05) is 76.9 Å². The van der Waals surface area contributed by atoms with Crippen molar-refractivity contribution in [1.82, 2.24) is 15.3 Å². The Morgan fingerprint density at radius 3 is 2.56 bits per heavy atom. The van der Waals surface area contributed by atoms with Crippen LogP contribution in [0.15, 0.2) is 83.4 Å². The van der Waals surface area contributed by atoms with E-state index in [2.05, 4.69) is 21.4 Å². The van der Waals surface area contributed by atoms with Gasteiger partial charge in [0.2, 0.25) is 0 Å². The lowest BCUT2D eigenvalue weighted by atomic mass is 9.97. The standard InChI is InChI=1S/C32H24FN5O2S/c1-35-32(39)30-24-14-22(28(38(2)41-3)15-29(24)40-31(30)18-8-10-21(33)11-9-18)20-12-23(27(16-34)36-17-20)26-13-19-6-4-5-7-25(19)37-26/h4-15,17,37H,1-3H3,(H,35,39). The van der Waals surface area contributed by atoms with E-state index < -0.39 is 0 Å². The Hall–Kier alpha value is -5.07. The van der Waals surface area contributed by atoms with Gasteiger partial charge in [-0.1, -0.05) is 30.1 Å². The van der Waals surface area contributed by atoms with Gasteiger partial charge in [0.1, 0.15) is 28.9 Å². The lowest BCUT2D eigenvalue weighted by molar-refractivity contribution is 0.0964. The summed E-state index contributed by atoms with van der Waals surface area (Å²) in [6.07, 6.45) is 3.63. The number of hydrogen-bond donors (Lipinski definition) is 2. The number of fused-ring (bicyclic) bond motifs is 2. The van der Waals surface area contributed by atoms with E-state index in [1.165, 1.54) is 24.1 Å². The van der Waals surface area contributed by atoms with E-state index in [-0.39, 0.29) is 11.7 Å². The van der Waals surface area contributed by atoms with Crippen LogP contribution in [0.1, 0.15) is 16.1 Å². The van der Waals surface area contributed by atoms with Crippen molar-refractivity contribution in [3.05, 3.63) is 96.1 Å². The van der Waals surface area contributed by atoms with E-state index >= 15 is 0 Å². The molecule has 7 nitrogen and oxygen atoms in total. The van der Waals surface area contributed by atoms with E-state index in [1.54, 1.807) is 25.4 Å². The highest BCUT2D eigenvalue weighted by atomic mass is 32.2. The summed E-state index contributed by atoms with van der Waals surface area (Å²) in [4.78, 5) is 21.1. The molecular weight excluding hydrogens is 537 g/mol. The van der Waals surface area contributed by atoms with Gasteiger partial charge in [0.15, 0.2) is 0 Å². The number of aromatic amines is 1. The Balaban J connectivity index is 1.60. The van der Waals surface area contributed by atoms with Gasteiger partial charge in [-0.2, -0.15) is 5.26 Å². The number of pyridine rings is 1. The van der Waals surface area contributed by atoms with E-state index in [9.17, 15) is 14.4 Å². The van der Waals surface area contributed by atoms with E-state index in [0.29, 0.717) is 39.1 Å². The fourth-order valence-corrected chi connectivity index (χ4v) is 5.35. The van der Waals surface area contributed by atoms with Crippen LogP contribution in [-0.4, -0.2) is 36.2 Å². The SMILES string of the molecule is CNC(=O)c1c(-c2ccc(F)cc2)oc2cc(N(C)SC)c(-c3cnc(C#N)c(-c4cc5ccccc5[nH]4)c3)cc12. The van der Waals surface area contributed by atoms with Crippen LogP contribution in [0.4, 0.5) is 10.1 Å². The van der Waals surface area contributed by atoms with Gasteiger partial charge in [-0.15, -0.1) is 0 Å². The Morgan fingerprint density at radius 2 is 1.85 bits per heavy atom. The Bertz CT molecular complexity index is 1960. The summed E-state index contributed by atoms with van der Waals surface area (Å²) in [5.74, 6) is -0.348. The van der Waals surface area contributed by atoms with Crippen LogP contribution in [0.2, 0.25) is 0 Å². The van der Waals surface area contributed by atoms with E-state index in [4.69, 9.17) is 4.42 Å². The summed E-state index contributed by atoms with van der Waals surface area (Å²) in [6, 6.07) is 23.7. The normalized spacial score (nSPS) is 11.1. The number of carbonyl (C=O) groups excluding carboxylic acids is 1. The zero-order valence-corrected chi connectivity index (χ0v) is 23.3. The molecule has 1 amide bonds. The maximum Gasteiger partial charge on any atom is 0.255 e. The molecule has 3 aromatic heterocycles. The molecule has 0 unspecified atom stereocenters. The maximum atomic E-state index is 13.7. The molecule has 202 valence electrons. The molecule has 0 fully saturated rings. The molecular formula is C32H24FN5O2S. The van der Waals surface area contributed by atoms with Crippen molar-refractivity contribution in [3.8, 4) is 39.8 Å². The van der Waals surface area contributed by atoms with Crippen molar-refractivity contribution >= 4 is 45.4 Å². The summed E-state index contributed by atoms with van der Waals surface area (Å²) >= 11 is 1.52. The number of nitriles is 1. The first-order valence-corrected chi connectivity index (χ1v) is 13.9. The van der Waals surface area contributed by atoms with Gasteiger partial charge in [-0.05, 0) is 48.5 Å². The van der Waals surface area contributed by atoms with Gasteiger partial charge in [0.05, 0.1) is 11.3 Å². The molecule has 0 atom stereocenters. The number of rotatable bonds is 6. The fraction of sp³-hybridized carbons (Fsp3) is 0.0938. The number of nitrogens with zero attached hydrogens (tertiary/aromatic N) is 3. The Labute approximate surface area is 239 Å². The molecule has 3 heterocycles. The minimum atomic E-state index is -0.378. The number of halogens is 1. The molecule has 41 heavy (non-hydrogen) atoms. The molecule has 0 aliphatic carbocycles. The van der Waals surface area contributed by atoms with Gasteiger partial charge in [-0.3, -0.25) is 4.79 Å². The minimum Gasteiger partial charge on any atom is -0.455 e. The zero-order valence-electron chi connectivity index (χ0n) is 22.4. The molecule has 0 aliphatic rings. The molecule has 0 saturated carbocycles. The molecule has 0 bridgehead atoms. The third-order valence-corrected chi connectivity index (χ3v) is 7.85. The number of aromatic nitrogens is 2. The van der Waals surface area contributed by atoms with E-state index in [0.717, 1.165) is 33.4 Å². The average Bonchev–Trinajstić information content (AvgIpc) is 3.61. The quantitative estimate of drug-likeness (QED) is 0.206. The Morgan fingerprint density at radius 1 is 1.07 bits per heavy atom. The monoisotopic (exact) mass is 561 g/mol. The number of benzene rings is 3. The minimum absolute atomic E-state index is 0.300. The molecule has 6 aromatic rings. The van der Waals surface area contributed by atoms with Crippen LogP contribution < -0.4 is 9.62 Å². The maximum absolute atomic E-state index is 13.7. The number of H-pyrrole nitrogens is 1. The number of anilines is 1. The number of furan rings is 1. The van der Waals surface area contributed by atoms with Crippen molar-refractivity contribution in [2.75, 3.05) is 24.7 Å². The largest absolute Gasteiger partial charge is 0.455 e.